The molecule has 2 N–H and O–H groups in total. The number of nitrogens with one attached hydrogen (secondary N) is 2. The first kappa shape index (κ1) is 15.2. The zero-order valence-corrected chi connectivity index (χ0v) is 13.1. The predicted octanol–water partition coefficient (Wildman–Crippen LogP) is 2.51. The second-order valence-corrected chi connectivity index (χ2v) is 7.07. The molecule has 1 aromatic heterocycles. The lowest BCUT2D eigenvalue weighted by Crippen LogP contribution is -2.26. The third-order valence-corrected chi connectivity index (χ3v) is 5.20. The lowest BCUT2D eigenvalue weighted by atomic mass is 10.2. The minimum atomic E-state index is -3.50. The standard InChI is InChI=1S/C14H18N2O2S2/c1-11(13-6-7-19-10-13)16-20(17,18)14-5-3-4-12(8-14)9-15-2/h3-8,10-11,15-16H,9H2,1-2H3. The molecule has 4 nitrogen and oxygen atoms in total. The lowest BCUT2D eigenvalue weighted by Gasteiger charge is -2.13. The molecule has 1 aromatic carbocycles. The van der Waals surface area contributed by atoms with Gasteiger partial charge < -0.3 is 5.32 Å². The summed E-state index contributed by atoms with van der Waals surface area (Å²) >= 11 is 1.56. The van der Waals surface area contributed by atoms with Crippen LogP contribution >= 0.6 is 11.3 Å². The smallest absolute Gasteiger partial charge is 0.241 e. The topological polar surface area (TPSA) is 58.2 Å². The highest BCUT2D eigenvalue weighted by molar-refractivity contribution is 7.89. The maximum Gasteiger partial charge on any atom is 0.241 e. The van der Waals surface area contributed by atoms with E-state index in [0.717, 1.165) is 11.1 Å². The Morgan fingerprint density at radius 2 is 2.10 bits per heavy atom. The Kier molecular flexibility index (Phi) is 4.93. The van der Waals surface area contributed by atoms with Gasteiger partial charge in [0.25, 0.3) is 0 Å². The molecule has 1 atom stereocenters. The van der Waals surface area contributed by atoms with Gasteiger partial charge in [0.2, 0.25) is 10.0 Å². The van der Waals surface area contributed by atoms with Crippen molar-refractivity contribution in [3.63, 3.8) is 0 Å². The van der Waals surface area contributed by atoms with Crippen molar-refractivity contribution in [1.29, 1.82) is 0 Å². The van der Waals surface area contributed by atoms with Gasteiger partial charge in [0.1, 0.15) is 0 Å². The zero-order chi connectivity index (χ0) is 14.6. The third-order valence-electron chi connectivity index (χ3n) is 2.96. The molecule has 0 spiro atoms. The maximum atomic E-state index is 12.4. The molecular weight excluding hydrogens is 292 g/mol. The molecule has 0 aliphatic carbocycles. The first-order valence-corrected chi connectivity index (χ1v) is 8.73. The quantitative estimate of drug-likeness (QED) is 0.862. The predicted molar refractivity (Wildman–Crippen MR) is 82.3 cm³/mol. The van der Waals surface area contributed by atoms with E-state index in [1.807, 2.05) is 36.9 Å². The van der Waals surface area contributed by atoms with E-state index in [4.69, 9.17) is 0 Å². The van der Waals surface area contributed by atoms with Gasteiger partial charge in [-0.2, -0.15) is 11.3 Å². The van der Waals surface area contributed by atoms with Gasteiger partial charge in [-0.1, -0.05) is 12.1 Å². The van der Waals surface area contributed by atoms with Gasteiger partial charge in [0.15, 0.2) is 0 Å². The van der Waals surface area contributed by atoms with Crippen LogP contribution in [0.3, 0.4) is 0 Å². The summed E-state index contributed by atoms with van der Waals surface area (Å²) in [4.78, 5) is 0.298. The third kappa shape index (κ3) is 3.67. The largest absolute Gasteiger partial charge is 0.316 e. The Bertz CT molecular complexity index is 652. The van der Waals surface area contributed by atoms with Crippen LogP contribution in [0.5, 0.6) is 0 Å². The summed E-state index contributed by atoms with van der Waals surface area (Å²) in [6.07, 6.45) is 0. The van der Waals surface area contributed by atoms with Crippen molar-refractivity contribution in [2.24, 2.45) is 0 Å². The number of rotatable bonds is 6. The minimum absolute atomic E-state index is 0.237. The van der Waals surface area contributed by atoms with Crippen LogP contribution in [-0.2, 0) is 16.6 Å². The second-order valence-electron chi connectivity index (χ2n) is 4.58. The molecule has 20 heavy (non-hydrogen) atoms. The Morgan fingerprint density at radius 1 is 1.30 bits per heavy atom. The van der Waals surface area contributed by atoms with E-state index >= 15 is 0 Å². The Hall–Kier alpha value is -1.21. The second kappa shape index (κ2) is 6.49. The molecule has 1 unspecified atom stereocenters. The van der Waals surface area contributed by atoms with E-state index in [-0.39, 0.29) is 6.04 Å². The monoisotopic (exact) mass is 310 g/mol. The summed E-state index contributed by atoms with van der Waals surface area (Å²) in [5.74, 6) is 0. The molecule has 6 heteroatoms. The highest BCUT2D eigenvalue weighted by Gasteiger charge is 2.18. The molecule has 1 heterocycles. The molecule has 0 saturated heterocycles. The van der Waals surface area contributed by atoms with Gasteiger partial charge in [-0.3, -0.25) is 0 Å². The van der Waals surface area contributed by atoms with Crippen LogP contribution in [0.25, 0.3) is 0 Å². The normalized spacial score (nSPS) is 13.3. The van der Waals surface area contributed by atoms with Crippen LogP contribution < -0.4 is 10.0 Å². The maximum absolute atomic E-state index is 12.4. The fourth-order valence-electron chi connectivity index (χ4n) is 1.92. The van der Waals surface area contributed by atoms with E-state index in [0.29, 0.717) is 11.4 Å². The summed E-state index contributed by atoms with van der Waals surface area (Å²) in [5, 5.41) is 6.90. The first-order valence-electron chi connectivity index (χ1n) is 6.31. The number of hydrogen-bond donors (Lipinski definition) is 2. The Morgan fingerprint density at radius 3 is 2.75 bits per heavy atom. The fraction of sp³-hybridized carbons (Fsp3) is 0.286. The molecule has 2 aromatic rings. The molecule has 0 aliphatic heterocycles. The number of benzene rings is 1. The van der Waals surface area contributed by atoms with Crippen LogP contribution in [0, 0.1) is 0 Å². The van der Waals surface area contributed by atoms with Crippen molar-refractivity contribution < 1.29 is 8.42 Å². The summed E-state index contributed by atoms with van der Waals surface area (Å²) in [5.41, 5.74) is 1.92. The van der Waals surface area contributed by atoms with Gasteiger partial charge >= 0.3 is 0 Å². The number of sulfonamides is 1. The van der Waals surface area contributed by atoms with Gasteiger partial charge in [-0.15, -0.1) is 0 Å². The molecule has 108 valence electrons. The average Bonchev–Trinajstić information content (AvgIpc) is 2.93. The van der Waals surface area contributed by atoms with Gasteiger partial charge in [0.05, 0.1) is 4.90 Å². The SMILES string of the molecule is CNCc1cccc(S(=O)(=O)NC(C)c2ccsc2)c1. The zero-order valence-electron chi connectivity index (χ0n) is 11.5. The number of thiophene rings is 1. The van der Waals surface area contributed by atoms with Crippen LogP contribution in [-0.4, -0.2) is 15.5 Å². The fourth-order valence-corrected chi connectivity index (χ4v) is 3.97. The van der Waals surface area contributed by atoms with Crippen molar-refractivity contribution in [3.8, 4) is 0 Å². The van der Waals surface area contributed by atoms with E-state index in [9.17, 15) is 8.42 Å². The van der Waals surface area contributed by atoms with E-state index < -0.39 is 10.0 Å². The Balaban J connectivity index is 2.20. The Labute approximate surface area is 123 Å². The van der Waals surface area contributed by atoms with E-state index in [1.54, 1.807) is 29.5 Å². The van der Waals surface area contributed by atoms with E-state index in [1.165, 1.54) is 0 Å². The highest BCUT2D eigenvalue weighted by atomic mass is 32.2. The van der Waals surface area contributed by atoms with Crippen molar-refractivity contribution in [2.75, 3.05) is 7.05 Å². The molecule has 0 aliphatic rings. The lowest BCUT2D eigenvalue weighted by molar-refractivity contribution is 0.567. The van der Waals surface area contributed by atoms with Crippen LogP contribution in [0.1, 0.15) is 24.1 Å². The highest BCUT2D eigenvalue weighted by Crippen LogP contribution is 2.19. The summed E-state index contributed by atoms with van der Waals surface area (Å²) in [6, 6.07) is 8.66. The summed E-state index contributed by atoms with van der Waals surface area (Å²) in [7, 11) is -1.67. The van der Waals surface area contributed by atoms with Crippen molar-refractivity contribution in [1.82, 2.24) is 10.0 Å². The molecule has 0 saturated carbocycles. The molecular formula is C14H18N2O2S2. The van der Waals surface area contributed by atoms with Crippen molar-refractivity contribution in [2.45, 2.75) is 24.4 Å². The van der Waals surface area contributed by atoms with Crippen LogP contribution in [0.4, 0.5) is 0 Å². The van der Waals surface area contributed by atoms with Crippen LogP contribution in [0.15, 0.2) is 46.0 Å². The average molecular weight is 310 g/mol. The van der Waals surface area contributed by atoms with Gasteiger partial charge in [0, 0.05) is 12.6 Å². The summed E-state index contributed by atoms with van der Waals surface area (Å²) in [6.45, 7) is 2.49. The first-order chi connectivity index (χ1) is 9.53. The summed E-state index contributed by atoms with van der Waals surface area (Å²) < 4.78 is 27.4. The van der Waals surface area contributed by atoms with Crippen molar-refractivity contribution >= 4 is 21.4 Å². The molecule has 0 bridgehead atoms. The molecule has 0 fully saturated rings. The van der Waals surface area contributed by atoms with E-state index in [2.05, 4.69) is 10.0 Å². The van der Waals surface area contributed by atoms with Gasteiger partial charge in [-0.05, 0) is 54.1 Å². The van der Waals surface area contributed by atoms with Crippen LogP contribution in [0.2, 0.25) is 0 Å². The molecule has 2 rings (SSSR count). The van der Waals surface area contributed by atoms with Crippen molar-refractivity contribution in [3.05, 3.63) is 52.2 Å². The molecule has 0 amide bonds. The minimum Gasteiger partial charge on any atom is -0.316 e. The van der Waals surface area contributed by atoms with Gasteiger partial charge in [-0.25, -0.2) is 13.1 Å². The molecule has 0 radical (unpaired) electrons. The number of hydrogen-bond acceptors (Lipinski definition) is 4.